The molecule has 8 heteroatoms. The Morgan fingerprint density at radius 2 is 1.70 bits per heavy atom. The summed E-state index contributed by atoms with van der Waals surface area (Å²) in [7, 11) is -4.01. The minimum absolute atomic E-state index is 0.00218. The van der Waals surface area contributed by atoms with Crippen molar-refractivity contribution in [2.24, 2.45) is 0 Å². The van der Waals surface area contributed by atoms with Crippen molar-refractivity contribution >= 4 is 33.2 Å². The van der Waals surface area contributed by atoms with Gasteiger partial charge in [-0.2, -0.15) is 0 Å². The van der Waals surface area contributed by atoms with Crippen LogP contribution in [0.1, 0.15) is 27.0 Å². The van der Waals surface area contributed by atoms with Gasteiger partial charge in [0.1, 0.15) is 10.7 Å². The van der Waals surface area contributed by atoms with Crippen molar-refractivity contribution in [3.05, 3.63) is 93.8 Å². The third-order valence-electron chi connectivity index (χ3n) is 4.48. The summed E-state index contributed by atoms with van der Waals surface area (Å²) in [5, 5.41) is 2.68. The van der Waals surface area contributed by atoms with Crippen LogP contribution < -0.4 is 10.0 Å². The first-order valence-electron chi connectivity index (χ1n) is 9.08. The SMILES string of the molecule is Cc1ccc(NS(=O)(=O)c2cc(C(=O)NCc3ccc(F)cc3)ccc2Cl)c(C)c1. The summed E-state index contributed by atoms with van der Waals surface area (Å²) in [6.07, 6.45) is 0. The number of amides is 1. The van der Waals surface area contributed by atoms with Crippen molar-refractivity contribution in [2.75, 3.05) is 4.72 Å². The number of halogens is 2. The van der Waals surface area contributed by atoms with E-state index >= 15 is 0 Å². The number of hydrogen-bond donors (Lipinski definition) is 2. The fraction of sp³-hybridized carbons (Fsp3) is 0.136. The molecule has 0 spiro atoms. The maximum absolute atomic E-state index is 13.0. The molecule has 3 rings (SSSR count). The zero-order valence-electron chi connectivity index (χ0n) is 16.4. The van der Waals surface area contributed by atoms with Crippen LogP contribution in [0, 0.1) is 19.7 Å². The lowest BCUT2D eigenvalue weighted by Crippen LogP contribution is -2.23. The van der Waals surface area contributed by atoms with Gasteiger partial charge in [-0.05, 0) is 61.4 Å². The Labute approximate surface area is 179 Å². The van der Waals surface area contributed by atoms with Gasteiger partial charge in [0.2, 0.25) is 0 Å². The first-order chi connectivity index (χ1) is 14.2. The van der Waals surface area contributed by atoms with E-state index in [1.54, 1.807) is 31.2 Å². The van der Waals surface area contributed by atoms with Crippen molar-refractivity contribution in [3.63, 3.8) is 0 Å². The van der Waals surface area contributed by atoms with Gasteiger partial charge in [0.15, 0.2) is 0 Å². The second-order valence-electron chi connectivity index (χ2n) is 6.88. The summed E-state index contributed by atoms with van der Waals surface area (Å²) in [5.74, 6) is -0.840. The lowest BCUT2D eigenvalue weighted by Gasteiger charge is -2.13. The number of hydrogen-bond acceptors (Lipinski definition) is 3. The summed E-state index contributed by atoms with van der Waals surface area (Å²) in [6, 6.07) is 15.1. The van der Waals surface area contributed by atoms with Gasteiger partial charge in [-0.25, -0.2) is 12.8 Å². The molecule has 5 nitrogen and oxygen atoms in total. The van der Waals surface area contributed by atoms with Crippen molar-refractivity contribution in [3.8, 4) is 0 Å². The van der Waals surface area contributed by atoms with E-state index in [-0.39, 0.29) is 27.8 Å². The van der Waals surface area contributed by atoms with E-state index in [1.807, 2.05) is 13.0 Å². The van der Waals surface area contributed by atoms with Crippen molar-refractivity contribution < 1.29 is 17.6 Å². The molecule has 2 N–H and O–H groups in total. The van der Waals surface area contributed by atoms with Crippen LogP contribution in [0.3, 0.4) is 0 Å². The van der Waals surface area contributed by atoms with Crippen LogP contribution in [0.5, 0.6) is 0 Å². The molecule has 0 saturated carbocycles. The van der Waals surface area contributed by atoms with Crippen LogP contribution in [-0.4, -0.2) is 14.3 Å². The number of rotatable bonds is 6. The van der Waals surface area contributed by atoms with Crippen LogP contribution in [0.2, 0.25) is 5.02 Å². The molecule has 0 aromatic heterocycles. The minimum atomic E-state index is -4.01. The van der Waals surface area contributed by atoms with Gasteiger partial charge >= 0.3 is 0 Å². The maximum Gasteiger partial charge on any atom is 0.263 e. The first-order valence-corrected chi connectivity index (χ1v) is 10.9. The molecule has 30 heavy (non-hydrogen) atoms. The standard InChI is InChI=1S/C22H20ClFN2O3S/c1-14-3-10-20(15(2)11-14)26-30(28,29)21-12-17(6-9-19(21)23)22(27)25-13-16-4-7-18(24)8-5-16/h3-12,26H,13H2,1-2H3,(H,25,27). The van der Waals surface area contributed by atoms with E-state index in [2.05, 4.69) is 10.0 Å². The summed E-state index contributed by atoms with van der Waals surface area (Å²) < 4.78 is 41.3. The predicted molar refractivity (Wildman–Crippen MR) is 116 cm³/mol. The molecule has 0 unspecified atom stereocenters. The highest BCUT2D eigenvalue weighted by atomic mass is 35.5. The molecular weight excluding hydrogens is 427 g/mol. The number of benzene rings is 3. The Morgan fingerprint density at radius 1 is 1.00 bits per heavy atom. The van der Waals surface area contributed by atoms with Crippen LogP contribution in [0.4, 0.5) is 10.1 Å². The molecule has 0 radical (unpaired) electrons. The summed E-state index contributed by atoms with van der Waals surface area (Å²) in [4.78, 5) is 12.3. The second kappa shape index (κ2) is 8.85. The van der Waals surface area contributed by atoms with Crippen LogP contribution in [0.25, 0.3) is 0 Å². The molecule has 156 valence electrons. The lowest BCUT2D eigenvalue weighted by molar-refractivity contribution is 0.0950. The van der Waals surface area contributed by atoms with E-state index in [4.69, 9.17) is 11.6 Å². The monoisotopic (exact) mass is 446 g/mol. The third-order valence-corrected chi connectivity index (χ3v) is 6.32. The fourth-order valence-corrected chi connectivity index (χ4v) is 4.52. The molecule has 0 heterocycles. The smallest absolute Gasteiger partial charge is 0.263 e. The Morgan fingerprint density at radius 3 is 2.37 bits per heavy atom. The molecule has 0 aliphatic carbocycles. The number of anilines is 1. The zero-order valence-corrected chi connectivity index (χ0v) is 17.9. The van der Waals surface area contributed by atoms with E-state index < -0.39 is 15.9 Å². The van der Waals surface area contributed by atoms with Gasteiger partial charge in [-0.1, -0.05) is 41.4 Å². The van der Waals surface area contributed by atoms with Crippen molar-refractivity contribution in [1.82, 2.24) is 5.32 Å². The Hall–Kier alpha value is -2.90. The van der Waals surface area contributed by atoms with E-state index in [1.165, 1.54) is 30.3 Å². The molecule has 0 bridgehead atoms. The lowest BCUT2D eigenvalue weighted by atomic mass is 10.1. The second-order valence-corrected chi connectivity index (χ2v) is 8.94. The Kier molecular flexibility index (Phi) is 6.43. The highest BCUT2D eigenvalue weighted by molar-refractivity contribution is 7.92. The molecule has 0 saturated heterocycles. The van der Waals surface area contributed by atoms with Crippen LogP contribution in [0.15, 0.2) is 65.6 Å². The third kappa shape index (κ3) is 5.17. The van der Waals surface area contributed by atoms with Gasteiger partial charge < -0.3 is 5.32 Å². The van der Waals surface area contributed by atoms with E-state index in [0.717, 1.165) is 11.1 Å². The number of nitrogens with one attached hydrogen (secondary N) is 2. The highest BCUT2D eigenvalue weighted by Gasteiger charge is 2.21. The normalized spacial score (nSPS) is 11.2. The molecule has 0 atom stereocenters. The number of carbonyl (C=O) groups is 1. The van der Waals surface area contributed by atoms with Gasteiger partial charge in [0.05, 0.1) is 10.7 Å². The van der Waals surface area contributed by atoms with Crippen LogP contribution >= 0.6 is 11.6 Å². The maximum atomic E-state index is 13.0. The van der Waals surface area contributed by atoms with E-state index in [0.29, 0.717) is 11.3 Å². The first kappa shape index (κ1) is 21.8. The number of aryl methyl sites for hydroxylation is 2. The summed E-state index contributed by atoms with van der Waals surface area (Å²) >= 11 is 6.12. The predicted octanol–water partition coefficient (Wildman–Crippen LogP) is 4.83. The van der Waals surface area contributed by atoms with Gasteiger partial charge in [-0.3, -0.25) is 9.52 Å². The minimum Gasteiger partial charge on any atom is -0.348 e. The van der Waals surface area contributed by atoms with Crippen molar-refractivity contribution in [2.45, 2.75) is 25.3 Å². The molecular formula is C22H20ClFN2O3S. The van der Waals surface area contributed by atoms with Crippen molar-refractivity contribution in [1.29, 1.82) is 0 Å². The Bertz CT molecular complexity index is 1200. The summed E-state index contributed by atoms with van der Waals surface area (Å²) in [6.45, 7) is 3.88. The molecule has 0 fully saturated rings. The molecule has 3 aromatic rings. The van der Waals surface area contributed by atoms with Gasteiger partial charge in [0, 0.05) is 12.1 Å². The van der Waals surface area contributed by atoms with Crippen LogP contribution in [-0.2, 0) is 16.6 Å². The number of carbonyl (C=O) groups excluding carboxylic acids is 1. The van der Waals surface area contributed by atoms with Gasteiger partial charge in [0.25, 0.3) is 15.9 Å². The largest absolute Gasteiger partial charge is 0.348 e. The molecule has 0 aliphatic heterocycles. The number of sulfonamides is 1. The summed E-state index contributed by atoms with van der Waals surface area (Å²) in [5.41, 5.74) is 3.06. The van der Waals surface area contributed by atoms with Gasteiger partial charge in [-0.15, -0.1) is 0 Å². The quantitative estimate of drug-likeness (QED) is 0.569. The van der Waals surface area contributed by atoms with E-state index in [9.17, 15) is 17.6 Å². The highest BCUT2D eigenvalue weighted by Crippen LogP contribution is 2.26. The zero-order chi connectivity index (χ0) is 21.9. The molecule has 1 amide bonds. The average Bonchev–Trinajstić information content (AvgIpc) is 2.69. The fourth-order valence-electron chi connectivity index (χ4n) is 2.87. The topological polar surface area (TPSA) is 75.3 Å². The average molecular weight is 447 g/mol. The Balaban J connectivity index is 1.81. The molecule has 3 aromatic carbocycles. The molecule has 0 aliphatic rings.